The molecule has 1 aliphatic rings. The second kappa shape index (κ2) is 10.00. The van der Waals surface area contributed by atoms with Gasteiger partial charge in [-0.25, -0.2) is 9.18 Å². The predicted octanol–water partition coefficient (Wildman–Crippen LogP) is 4.10. The smallest absolute Gasteiger partial charge is 0.387 e. The Labute approximate surface area is 172 Å². The molecule has 1 fully saturated rings. The number of amides is 3. The van der Waals surface area contributed by atoms with Crippen molar-refractivity contribution < 1.29 is 27.5 Å². The fraction of sp³-hybridized carbons (Fsp3) is 0.333. The predicted molar refractivity (Wildman–Crippen MR) is 105 cm³/mol. The van der Waals surface area contributed by atoms with E-state index in [1.54, 1.807) is 17.0 Å². The van der Waals surface area contributed by atoms with Crippen LogP contribution in [0.1, 0.15) is 23.2 Å². The van der Waals surface area contributed by atoms with Gasteiger partial charge in [-0.2, -0.15) is 8.78 Å². The highest BCUT2D eigenvalue weighted by Gasteiger charge is 2.27. The van der Waals surface area contributed by atoms with Gasteiger partial charge < -0.3 is 20.3 Å². The van der Waals surface area contributed by atoms with Gasteiger partial charge in [-0.05, 0) is 49.1 Å². The van der Waals surface area contributed by atoms with E-state index in [2.05, 4.69) is 15.4 Å². The summed E-state index contributed by atoms with van der Waals surface area (Å²) in [5.74, 6) is -0.998. The van der Waals surface area contributed by atoms with Gasteiger partial charge in [0.1, 0.15) is 11.6 Å². The van der Waals surface area contributed by atoms with Gasteiger partial charge in [0.25, 0.3) is 5.91 Å². The first-order chi connectivity index (χ1) is 14.4. The van der Waals surface area contributed by atoms with Crippen molar-refractivity contribution in [3.05, 3.63) is 59.9 Å². The van der Waals surface area contributed by atoms with Crippen molar-refractivity contribution in [3.63, 3.8) is 0 Å². The maximum absolute atomic E-state index is 13.2. The highest BCUT2D eigenvalue weighted by atomic mass is 19.3. The first-order valence-electron chi connectivity index (χ1n) is 9.56. The zero-order valence-electron chi connectivity index (χ0n) is 16.1. The number of nitrogens with one attached hydrogen (secondary N) is 2. The van der Waals surface area contributed by atoms with E-state index in [-0.39, 0.29) is 23.1 Å². The maximum Gasteiger partial charge on any atom is 0.387 e. The van der Waals surface area contributed by atoms with Crippen LogP contribution in [0, 0.1) is 11.7 Å². The van der Waals surface area contributed by atoms with Gasteiger partial charge >= 0.3 is 12.6 Å². The summed E-state index contributed by atoms with van der Waals surface area (Å²) in [5, 5.41) is 5.27. The molecule has 2 aromatic carbocycles. The number of nitrogens with zero attached hydrogens (tertiary/aromatic N) is 1. The number of hydrogen-bond acceptors (Lipinski definition) is 3. The van der Waals surface area contributed by atoms with Gasteiger partial charge in [0.2, 0.25) is 0 Å². The molecule has 1 unspecified atom stereocenters. The SMILES string of the molecule is O=C(NCC1CCCN(C(=O)c2ccccc2OC(F)F)C1)Nc1cccc(F)c1. The molecule has 0 aliphatic carbocycles. The average molecular weight is 421 g/mol. The number of hydrogen-bond donors (Lipinski definition) is 2. The number of ether oxygens (including phenoxy) is 1. The van der Waals surface area contributed by atoms with E-state index < -0.39 is 18.5 Å². The molecule has 0 spiro atoms. The second-order valence-corrected chi connectivity index (χ2v) is 6.98. The van der Waals surface area contributed by atoms with Crippen LogP contribution < -0.4 is 15.4 Å². The van der Waals surface area contributed by atoms with E-state index in [1.807, 2.05) is 0 Å². The molecule has 2 aromatic rings. The van der Waals surface area contributed by atoms with Gasteiger partial charge in [-0.3, -0.25) is 4.79 Å². The summed E-state index contributed by atoms with van der Waals surface area (Å²) < 4.78 is 42.9. The van der Waals surface area contributed by atoms with Crippen LogP contribution in [0.2, 0.25) is 0 Å². The first-order valence-corrected chi connectivity index (χ1v) is 9.56. The Bertz CT molecular complexity index is 895. The number of likely N-dealkylation sites (tertiary alicyclic amines) is 1. The Morgan fingerprint density at radius 3 is 2.73 bits per heavy atom. The minimum Gasteiger partial charge on any atom is -0.434 e. The number of piperidine rings is 1. The summed E-state index contributed by atoms with van der Waals surface area (Å²) in [5.41, 5.74) is 0.416. The van der Waals surface area contributed by atoms with E-state index in [4.69, 9.17) is 0 Å². The largest absolute Gasteiger partial charge is 0.434 e. The molecule has 3 rings (SSSR count). The quantitative estimate of drug-likeness (QED) is 0.738. The third kappa shape index (κ3) is 5.88. The summed E-state index contributed by atoms with van der Waals surface area (Å²) in [4.78, 5) is 26.4. The Hall–Kier alpha value is -3.23. The molecular weight excluding hydrogens is 399 g/mol. The van der Waals surface area contributed by atoms with Gasteiger partial charge in [0.05, 0.1) is 5.56 Å². The van der Waals surface area contributed by atoms with Gasteiger partial charge in [-0.1, -0.05) is 18.2 Å². The highest BCUT2D eigenvalue weighted by molar-refractivity contribution is 5.97. The fourth-order valence-electron chi connectivity index (χ4n) is 3.41. The molecule has 1 aliphatic heterocycles. The lowest BCUT2D eigenvalue weighted by Crippen LogP contribution is -2.44. The second-order valence-electron chi connectivity index (χ2n) is 6.98. The number of alkyl halides is 2. The summed E-state index contributed by atoms with van der Waals surface area (Å²) in [6.45, 7) is -1.83. The molecule has 1 atom stereocenters. The molecule has 0 saturated carbocycles. The number of halogens is 3. The van der Waals surface area contributed by atoms with Crippen LogP contribution in [0.15, 0.2) is 48.5 Å². The van der Waals surface area contributed by atoms with E-state index in [1.165, 1.54) is 36.4 Å². The van der Waals surface area contributed by atoms with Crippen LogP contribution in [0.4, 0.5) is 23.7 Å². The van der Waals surface area contributed by atoms with Crippen molar-refractivity contribution in [1.29, 1.82) is 0 Å². The van der Waals surface area contributed by atoms with Crippen molar-refractivity contribution in [3.8, 4) is 5.75 Å². The molecule has 9 heteroatoms. The topological polar surface area (TPSA) is 70.7 Å². The van der Waals surface area contributed by atoms with E-state index in [0.29, 0.717) is 25.3 Å². The Balaban J connectivity index is 1.55. The van der Waals surface area contributed by atoms with Crippen LogP contribution in [0.3, 0.4) is 0 Å². The Morgan fingerprint density at radius 2 is 1.97 bits per heavy atom. The average Bonchev–Trinajstić information content (AvgIpc) is 2.72. The molecule has 160 valence electrons. The van der Waals surface area contributed by atoms with E-state index >= 15 is 0 Å². The van der Waals surface area contributed by atoms with Crippen molar-refractivity contribution >= 4 is 17.6 Å². The number of para-hydroxylation sites is 1. The summed E-state index contributed by atoms with van der Waals surface area (Å²) in [7, 11) is 0. The zero-order valence-corrected chi connectivity index (χ0v) is 16.1. The van der Waals surface area contributed by atoms with Crippen LogP contribution in [-0.4, -0.2) is 43.1 Å². The van der Waals surface area contributed by atoms with Crippen LogP contribution in [-0.2, 0) is 0 Å². The molecule has 3 amide bonds. The molecule has 6 nitrogen and oxygen atoms in total. The number of benzene rings is 2. The minimum absolute atomic E-state index is 0.00383. The maximum atomic E-state index is 13.2. The molecular formula is C21H22F3N3O3. The van der Waals surface area contributed by atoms with Crippen LogP contribution >= 0.6 is 0 Å². The first kappa shape index (κ1) is 21.5. The minimum atomic E-state index is -3.02. The zero-order chi connectivity index (χ0) is 21.5. The van der Waals surface area contributed by atoms with Crippen molar-refractivity contribution in [2.75, 3.05) is 25.0 Å². The standard InChI is InChI=1S/C21H22F3N3O3/c22-15-6-3-7-16(11-15)26-21(29)25-12-14-5-4-10-27(13-14)19(28)17-8-1-2-9-18(17)30-20(23)24/h1-3,6-9,11,14,20H,4-5,10,12-13H2,(H2,25,26,29). The third-order valence-corrected chi connectivity index (χ3v) is 4.77. The third-order valence-electron chi connectivity index (χ3n) is 4.77. The lowest BCUT2D eigenvalue weighted by molar-refractivity contribution is -0.0503. The number of anilines is 1. The van der Waals surface area contributed by atoms with E-state index in [0.717, 1.165) is 12.8 Å². The van der Waals surface area contributed by atoms with Gasteiger partial charge in [0.15, 0.2) is 0 Å². The van der Waals surface area contributed by atoms with Crippen molar-refractivity contribution in [2.45, 2.75) is 19.5 Å². The van der Waals surface area contributed by atoms with Crippen molar-refractivity contribution in [1.82, 2.24) is 10.2 Å². The van der Waals surface area contributed by atoms with Gasteiger partial charge in [0, 0.05) is 25.3 Å². The number of carbonyl (C=O) groups is 2. The van der Waals surface area contributed by atoms with Crippen LogP contribution in [0.25, 0.3) is 0 Å². The number of rotatable bonds is 6. The summed E-state index contributed by atoms with van der Waals surface area (Å²) in [6.07, 6.45) is 1.53. The lowest BCUT2D eigenvalue weighted by atomic mass is 9.97. The van der Waals surface area contributed by atoms with Gasteiger partial charge in [-0.15, -0.1) is 0 Å². The van der Waals surface area contributed by atoms with Crippen molar-refractivity contribution in [2.24, 2.45) is 5.92 Å². The molecule has 0 bridgehead atoms. The monoisotopic (exact) mass is 421 g/mol. The van der Waals surface area contributed by atoms with Crippen LogP contribution in [0.5, 0.6) is 5.75 Å². The Morgan fingerprint density at radius 1 is 1.17 bits per heavy atom. The summed E-state index contributed by atoms with van der Waals surface area (Å²) >= 11 is 0. The number of carbonyl (C=O) groups excluding carboxylic acids is 2. The molecule has 0 aromatic heterocycles. The molecule has 1 heterocycles. The fourth-order valence-corrected chi connectivity index (χ4v) is 3.41. The van der Waals surface area contributed by atoms with E-state index in [9.17, 15) is 22.8 Å². The lowest BCUT2D eigenvalue weighted by Gasteiger charge is -2.33. The molecule has 2 N–H and O–H groups in total. The summed E-state index contributed by atoms with van der Waals surface area (Å²) in [6, 6.07) is 11.0. The highest BCUT2D eigenvalue weighted by Crippen LogP contribution is 2.25. The molecule has 0 radical (unpaired) electrons. The Kier molecular flexibility index (Phi) is 7.16. The number of urea groups is 1. The molecule has 30 heavy (non-hydrogen) atoms. The molecule has 1 saturated heterocycles. The normalized spacial score (nSPS) is 16.3.